The molecule has 0 radical (unpaired) electrons. The fourth-order valence-corrected chi connectivity index (χ4v) is 4.90. The number of aromatic nitrogens is 4. The van der Waals surface area contributed by atoms with E-state index in [2.05, 4.69) is 20.8 Å². The molecule has 2 heterocycles. The standard InChI is InChI=1S/C22H23N5O5S/c1-3-31-22(30)18-16-9-4-5-10-17(16)33-20(18)24-19(28)13(2)32-21(29)14-7-6-8-15(11-14)27-12-23-25-26-27/h6-8,11-13H,3-5,9-10H2,1-2H3,(H,24,28). The average Bonchev–Trinajstić information content (AvgIpc) is 3.47. The van der Waals surface area contributed by atoms with Crippen molar-refractivity contribution in [1.82, 2.24) is 20.2 Å². The van der Waals surface area contributed by atoms with Crippen LogP contribution in [0.1, 0.15) is 57.8 Å². The van der Waals surface area contributed by atoms with Crippen LogP contribution in [-0.4, -0.2) is 50.8 Å². The third-order valence-corrected chi connectivity index (χ3v) is 6.44. The van der Waals surface area contributed by atoms with Crippen molar-refractivity contribution in [3.63, 3.8) is 0 Å². The van der Waals surface area contributed by atoms with Gasteiger partial charge in [-0.15, -0.1) is 16.4 Å². The van der Waals surface area contributed by atoms with Crippen LogP contribution >= 0.6 is 11.3 Å². The molecule has 1 N–H and O–H groups in total. The molecular formula is C22H23N5O5S. The molecule has 0 fully saturated rings. The molecule has 0 saturated heterocycles. The lowest BCUT2D eigenvalue weighted by molar-refractivity contribution is -0.123. The number of fused-ring (bicyclic) bond motifs is 1. The Morgan fingerprint density at radius 1 is 1.21 bits per heavy atom. The summed E-state index contributed by atoms with van der Waals surface area (Å²) in [5, 5.41) is 14.1. The van der Waals surface area contributed by atoms with Crippen molar-refractivity contribution in [2.45, 2.75) is 45.6 Å². The average molecular weight is 470 g/mol. The highest BCUT2D eigenvalue weighted by atomic mass is 32.1. The van der Waals surface area contributed by atoms with E-state index in [1.54, 1.807) is 31.2 Å². The van der Waals surface area contributed by atoms with Gasteiger partial charge in [-0.05, 0) is 73.7 Å². The van der Waals surface area contributed by atoms with Crippen molar-refractivity contribution in [2.75, 3.05) is 11.9 Å². The molecule has 4 rings (SSSR count). The molecule has 1 unspecified atom stereocenters. The molecule has 0 aliphatic heterocycles. The van der Waals surface area contributed by atoms with Gasteiger partial charge in [0.1, 0.15) is 11.3 Å². The quantitative estimate of drug-likeness (QED) is 0.524. The molecule has 1 amide bonds. The van der Waals surface area contributed by atoms with Crippen molar-refractivity contribution in [3.8, 4) is 5.69 Å². The molecule has 3 aromatic rings. The number of benzene rings is 1. The highest BCUT2D eigenvalue weighted by Gasteiger charge is 2.29. The van der Waals surface area contributed by atoms with Gasteiger partial charge in [-0.25, -0.2) is 14.3 Å². The lowest BCUT2D eigenvalue weighted by atomic mass is 9.95. The predicted octanol–water partition coefficient (Wildman–Crippen LogP) is 2.96. The van der Waals surface area contributed by atoms with Gasteiger partial charge in [-0.1, -0.05) is 6.07 Å². The second kappa shape index (κ2) is 9.90. The normalized spacial score (nSPS) is 13.6. The van der Waals surface area contributed by atoms with E-state index < -0.39 is 23.9 Å². The minimum atomic E-state index is -1.08. The molecule has 1 atom stereocenters. The van der Waals surface area contributed by atoms with Crippen LogP contribution in [0.5, 0.6) is 0 Å². The number of nitrogens with zero attached hydrogens (tertiary/aromatic N) is 4. The van der Waals surface area contributed by atoms with Gasteiger partial charge >= 0.3 is 11.9 Å². The van der Waals surface area contributed by atoms with E-state index in [0.29, 0.717) is 16.3 Å². The Hall–Kier alpha value is -3.60. The van der Waals surface area contributed by atoms with Crippen LogP contribution in [0, 0.1) is 0 Å². The molecule has 0 saturated carbocycles. The van der Waals surface area contributed by atoms with Crippen LogP contribution in [0.15, 0.2) is 30.6 Å². The summed E-state index contributed by atoms with van der Waals surface area (Å²) in [6.45, 7) is 3.47. The summed E-state index contributed by atoms with van der Waals surface area (Å²) in [7, 11) is 0. The number of tetrazole rings is 1. The van der Waals surface area contributed by atoms with Crippen molar-refractivity contribution in [1.29, 1.82) is 0 Å². The molecule has 1 aliphatic rings. The maximum absolute atomic E-state index is 12.8. The Kier molecular flexibility index (Phi) is 6.78. The number of aryl methyl sites for hydroxylation is 1. The van der Waals surface area contributed by atoms with E-state index >= 15 is 0 Å². The minimum Gasteiger partial charge on any atom is -0.462 e. The van der Waals surface area contributed by atoms with E-state index in [9.17, 15) is 14.4 Å². The van der Waals surface area contributed by atoms with Crippen LogP contribution in [0.4, 0.5) is 5.00 Å². The molecule has 0 bridgehead atoms. The molecule has 11 heteroatoms. The van der Waals surface area contributed by atoms with E-state index in [4.69, 9.17) is 9.47 Å². The number of hydrogen-bond acceptors (Lipinski definition) is 9. The Balaban J connectivity index is 1.47. The first kappa shape index (κ1) is 22.6. The van der Waals surface area contributed by atoms with Gasteiger partial charge in [-0.3, -0.25) is 4.79 Å². The third-order valence-electron chi connectivity index (χ3n) is 5.24. The summed E-state index contributed by atoms with van der Waals surface area (Å²) in [5.74, 6) is -1.64. The highest BCUT2D eigenvalue weighted by Crippen LogP contribution is 2.38. The number of esters is 2. The molecular weight excluding hydrogens is 446 g/mol. The summed E-state index contributed by atoms with van der Waals surface area (Å²) in [4.78, 5) is 39.1. The van der Waals surface area contributed by atoms with E-state index in [-0.39, 0.29) is 12.2 Å². The zero-order valence-corrected chi connectivity index (χ0v) is 19.1. The number of nitrogens with one attached hydrogen (secondary N) is 1. The van der Waals surface area contributed by atoms with Crippen LogP contribution in [0.2, 0.25) is 0 Å². The summed E-state index contributed by atoms with van der Waals surface area (Å²) in [6.07, 6.45) is 4.00. The van der Waals surface area contributed by atoms with E-state index in [1.165, 1.54) is 29.3 Å². The summed E-state index contributed by atoms with van der Waals surface area (Å²) < 4.78 is 12.0. The molecule has 1 aromatic carbocycles. The van der Waals surface area contributed by atoms with Gasteiger partial charge in [0.2, 0.25) is 0 Å². The number of anilines is 1. The fraction of sp³-hybridized carbons (Fsp3) is 0.364. The first-order chi connectivity index (χ1) is 16.0. The van der Waals surface area contributed by atoms with E-state index in [0.717, 1.165) is 36.1 Å². The minimum absolute atomic E-state index is 0.245. The second-order valence-electron chi connectivity index (χ2n) is 7.48. The summed E-state index contributed by atoms with van der Waals surface area (Å²) in [5.41, 5.74) is 2.19. The number of ether oxygens (including phenoxy) is 2. The number of rotatable bonds is 7. The monoisotopic (exact) mass is 469 g/mol. The van der Waals surface area contributed by atoms with Crippen LogP contribution in [-0.2, 0) is 27.1 Å². The Bertz CT molecular complexity index is 1170. The zero-order chi connectivity index (χ0) is 23.4. The number of carbonyl (C=O) groups is 3. The molecule has 172 valence electrons. The number of amides is 1. The van der Waals surface area contributed by atoms with Crippen molar-refractivity contribution in [2.24, 2.45) is 0 Å². The Labute approximate surface area is 193 Å². The van der Waals surface area contributed by atoms with Crippen LogP contribution < -0.4 is 5.32 Å². The van der Waals surface area contributed by atoms with Crippen molar-refractivity contribution >= 4 is 34.2 Å². The van der Waals surface area contributed by atoms with Gasteiger partial charge in [0.25, 0.3) is 5.91 Å². The lowest BCUT2D eigenvalue weighted by Gasteiger charge is -2.14. The van der Waals surface area contributed by atoms with Gasteiger partial charge in [0.15, 0.2) is 6.10 Å². The molecule has 33 heavy (non-hydrogen) atoms. The fourth-order valence-electron chi connectivity index (χ4n) is 3.62. The number of thiophene rings is 1. The van der Waals surface area contributed by atoms with Crippen molar-refractivity contribution in [3.05, 3.63) is 52.2 Å². The van der Waals surface area contributed by atoms with Crippen LogP contribution in [0.3, 0.4) is 0 Å². The largest absolute Gasteiger partial charge is 0.462 e. The second-order valence-corrected chi connectivity index (χ2v) is 8.58. The van der Waals surface area contributed by atoms with Gasteiger partial charge in [0.05, 0.1) is 23.4 Å². The topological polar surface area (TPSA) is 125 Å². The molecule has 1 aliphatic carbocycles. The Morgan fingerprint density at radius 3 is 2.79 bits per heavy atom. The zero-order valence-electron chi connectivity index (χ0n) is 18.2. The molecule has 0 spiro atoms. The first-order valence-corrected chi connectivity index (χ1v) is 11.5. The van der Waals surface area contributed by atoms with Gasteiger partial charge < -0.3 is 14.8 Å². The number of hydrogen-bond donors (Lipinski definition) is 1. The lowest BCUT2D eigenvalue weighted by Crippen LogP contribution is -2.30. The first-order valence-electron chi connectivity index (χ1n) is 10.6. The molecule has 10 nitrogen and oxygen atoms in total. The van der Waals surface area contributed by atoms with Crippen molar-refractivity contribution < 1.29 is 23.9 Å². The Morgan fingerprint density at radius 2 is 2.03 bits per heavy atom. The maximum Gasteiger partial charge on any atom is 0.341 e. The third kappa shape index (κ3) is 4.92. The number of carbonyl (C=O) groups excluding carboxylic acids is 3. The SMILES string of the molecule is CCOC(=O)c1c(NC(=O)C(C)OC(=O)c2cccc(-n3cnnn3)c2)sc2c1CCCC2. The van der Waals surface area contributed by atoms with Crippen LogP contribution in [0.25, 0.3) is 5.69 Å². The summed E-state index contributed by atoms with van der Waals surface area (Å²) >= 11 is 1.38. The van der Waals surface area contributed by atoms with Gasteiger partial charge in [0, 0.05) is 4.88 Å². The van der Waals surface area contributed by atoms with Gasteiger partial charge in [-0.2, -0.15) is 0 Å². The maximum atomic E-state index is 12.8. The smallest absolute Gasteiger partial charge is 0.341 e. The summed E-state index contributed by atoms with van der Waals surface area (Å²) in [6, 6.07) is 6.54. The highest BCUT2D eigenvalue weighted by molar-refractivity contribution is 7.17. The van der Waals surface area contributed by atoms with E-state index in [1.807, 2.05) is 0 Å². The molecule has 2 aromatic heterocycles. The predicted molar refractivity (Wildman–Crippen MR) is 120 cm³/mol.